The molecule has 0 spiro atoms. The number of benzene rings is 2. The fraction of sp³-hybridized carbons (Fsp3) is 0.0769. The van der Waals surface area contributed by atoms with Crippen LogP contribution in [0.5, 0.6) is 0 Å². The zero-order valence-electron chi connectivity index (χ0n) is 20.0. The van der Waals surface area contributed by atoms with Crippen molar-refractivity contribution < 1.29 is 13.2 Å². The van der Waals surface area contributed by atoms with Crippen molar-refractivity contribution in [1.82, 2.24) is 19.9 Å². The molecule has 0 unspecified atom stereocenters. The predicted molar refractivity (Wildman–Crippen MR) is 143 cm³/mol. The molecule has 3 heterocycles. The maximum atomic E-state index is 12.9. The van der Waals surface area contributed by atoms with Crippen LogP contribution in [0.15, 0.2) is 84.1 Å². The average Bonchev–Trinajstić information content (AvgIpc) is 3.34. The number of aromatic amines is 1. The number of nitrogens with one attached hydrogen (secondary N) is 4. The molecule has 3 aromatic heterocycles. The second-order valence-electron chi connectivity index (χ2n) is 8.34. The third-order valence-electron chi connectivity index (χ3n) is 5.55. The van der Waals surface area contributed by atoms with E-state index in [-0.39, 0.29) is 10.8 Å². The number of hydrogen-bond acceptors (Lipinski definition) is 7. The lowest BCUT2D eigenvalue weighted by atomic mass is 10.1. The standard InChI is InChI=1S/C26H23N7O3S/c1-16-14-20(33-37(35,36)21-8-5-19(6-9-21)29-17(2)34)7-10-22(16)30-26-31-23-11-13-28-25(23)24(32-26)18-4-3-12-27-15-18/h3-15,28,33H,1-2H3,(H,29,34)(H,30,31,32). The van der Waals surface area contributed by atoms with Crippen LogP contribution in [0.2, 0.25) is 0 Å². The Bertz CT molecular complexity index is 1700. The van der Waals surface area contributed by atoms with Crippen LogP contribution >= 0.6 is 0 Å². The van der Waals surface area contributed by atoms with Crippen LogP contribution in [-0.4, -0.2) is 34.3 Å². The van der Waals surface area contributed by atoms with Gasteiger partial charge in [-0.25, -0.2) is 18.4 Å². The third kappa shape index (κ3) is 5.26. The van der Waals surface area contributed by atoms with E-state index in [1.54, 1.807) is 30.6 Å². The Labute approximate surface area is 213 Å². The number of pyridine rings is 1. The number of rotatable bonds is 7. The van der Waals surface area contributed by atoms with Crippen LogP contribution in [-0.2, 0) is 14.8 Å². The molecule has 5 aromatic rings. The fourth-order valence-electron chi connectivity index (χ4n) is 3.84. The molecule has 0 aliphatic heterocycles. The summed E-state index contributed by atoms with van der Waals surface area (Å²) in [7, 11) is -3.82. The summed E-state index contributed by atoms with van der Waals surface area (Å²) < 4.78 is 28.3. The summed E-state index contributed by atoms with van der Waals surface area (Å²) in [5.74, 6) is 0.172. The topological polar surface area (TPSA) is 142 Å². The smallest absolute Gasteiger partial charge is 0.261 e. The van der Waals surface area contributed by atoms with E-state index in [0.29, 0.717) is 17.3 Å². The summed E-state index contributed by atoms with van der Waals surface area (Å²) in [4.78, 5) is 27.9. The van der Waals surface area contributed by atoms with Crippen LogP contribution in [0.25, 0.3) is 22.3 Å². The number of nitrogens with zero attached hydrogens (tertiary/aromatic N) is 3. The van der Waals surface area contributed by atoms with Gasteiger partial charge in [0.2, 0.25) is 11.9 Å². The Morgan fingerprint density at radius 2 is 1.76 bits per heavy atom. The highest BCUT2D eigenvalue weighted by Crippen LogP contribution is 2.29. The molecule has 37 heavy (non-hydrogen) atoms. The fourth-order valence-corrected chi connectivity index (χ4v) is 4.88. The summed E-state index contributed by atoms with van der Waals surface area (Å²) >= 11 is 0. The van der Waals surface area contributed by atoms with Gasteiger partial charge >= 0.3 is 0 Å². The largest absolute Gasteiger partial charge is 0.358 e. The molecule has 4 N–H and O–H groups in total. The molecule has 11 heteroatoms. The van der Waals surface area contributed by atoms with Gasteiger partial charge in [-0.1, -0.05) is 0 Å². The van der Waals surface area contributed by atoms with Crippen LogP contribution < -0.4 is 15.4 Å². The van der Waals surface area contributed by atoms with Gasteiger partial charge in [-0.15, -0.1) is 0 Å². The number of fused-ring (bicyclic) bond motifs is 1. The first-order valence-electron chi connectivity index (χ1n) is 11.3. The van der Waals surface area contributed by atoms with Crippen molar-refractivity contribution in [2.75, 3.05) is 15.4 Å². The number of carbonyl (C=O) groups excluding carboxylic acids is 1. The van der Waals surface area contributed by atoms with Crippen LogP contribution in [0.4, 0.5) is 23.0 Å². The predicted octanol–water partition coefficient (Wildman–Crippen LogP) is 4.83. The van der Waals surface area contributed by atoms with E-state index in [4.69, 9.17) is 4.98 Å². The summed E-state index contributed by atoms with van der Waals surface area (Å²) in [6, 6.07) is 16.7. The van der Waals surface area contributed by atoms with Crippen molar-refractivity contribution in [3.63, 3.8) is 0 Å². The highest BCUT2D eigenvalue weighted by molar-refractivity contribution is 7.92. The molecular weight excluding hydrogens is 490 g/mol. The number of anilines is 4. The molecule has 0 atom stereocenters. The molecule has 186 valence electrons. The Kier molecular flexibility index (Phi) is 6.28. The number of sulfonamides is 1. The van der Waals surface area contributed by atoms with Gasteiger partial charge in [0, 0.05) is 48.1 Å². The number of hydrogen-bond donors (Lipinski definition) is 4. The lowest BCUT2D eigenvalue weighted by Gasteiger charge is -2.13. The van der Waals surface area contributed by atoms with Gasteiger partial charge in [-0.2, -0.15) is 0 Å². The maximum Gasteiger partial charge on any atom is 0.261 e. The molecule has 0 bridgehead atoms. The Morgan fingerprint density at radius 3 is 2.46 bits per heavy atom. The van der Waals surface area contributed by atoms with Gasteiger partial charge in [-0.3, -0.25) is 14.5 Å². The van der Waals surface area contributed by atoms with E-state index in [1.165, 1.54) is 31.2 Å². The summed E-state index contributed by atoms with van der Waals surface area (Å²) in [6.07, 6.45) is 5.25. The van der Waals surface area contributed by atoms with Gasteiger partial charge in [0.25, 0.3) is 10.0 Å². The van der Waals surface area contributed by atoms with E-state index in [2.05, 4.69) is 30.3 Å². The molecule has 0 saturated carbocycles. The number of aryl methyl sites for hydroxylation is 1. The van der Waals surface area contributed by atoms with E-state index in [9.17, 15) is 13.2 Å². The van der Waals surface area contributed by atoms with E-state index >= 15 is 0 Å². The van der Waals surface area contributed by atoms with Crippen molar-refractivity contribution in [3.8, 4) is 11.3 Å². The molecule has 0 fully saturated rings. The molecular formula is C26H23N7O3S. The first-order chi connectivity index (χ1) is 17.8. The zero-order valence-corrected chi connectivity index (χ0v) is 20.8. The van der Waals surface area contributed by atoms with Crippen molar-refractivity contribution in [2.45, 2.75) is 18.7 Å². The SMILES string of the molecule is CC(=O)Nc1ccc(S(=O)(=O)Nc2ccc(Nc3nc(-c4cccnc4)c4[nH]ccc4n3)c(C)c2)cc1. The summed E-state index contributed by atoms with van der Waals surface area (Å²) in [5, 5.41) is 5.85. The molecule has 0 saturated heterocycles. The minimum absolute atomic E-state index is 0.0811. The van der Waals surface area contributed by atoms with Crippen molar-refractivity contribution in [3.05, 3.63) is 84.8 Å². The second kappa shape index (κ2) is 9.70. The second-order valence-corrected chi connectivity index (χ2v) is 10.0. The molecule has 5 rings (SSSR count). The number of H-pyrrole nitrogens is 1. The first-order valence-corrected chi connectivity index (χ1v) is 12.8. The highest BCUT2D eigenvalue weighted by Gasteiger charge is 2.16. The molecule has 2 aromatic carbocycles. The first kappa shape index (κ1) is 23.9. The van der Waals surface area contributed by atoms with Crippen molar-refractivity contribution in [1.29, 1.82) is 0 Å². The molecule has 10 nitrogen and oxygen atoms in total. The highest BCUT2D eigenvalue weighted by atomic mass is 32.2. The molecule has 0 aliphatic rings. The molecule has 1 amide bonds. The maximum absolute atomic E-state index is 12.9. The van der Waals surface area contributed by atoms with E-state index in [1.807, 2.05) is 31.3 Å². The van der Waals surface area contributed by atoms with Crippen LogP contribution in [0.1, 0.15) is 12.5 Å². The zero-order chi connectivity index (χ0) is 26.0. The lowest BCUT2D eigenvalue weighted by molar-refractivity contribution is -0.114. The third-order valence-corrected chi connectivity index (χ3v) is 6.95. The minimum Gasteiger partial charge on any atom is -0.358 e. The number of amides is 1. The van der Waals surface area contributed by atoms with Gasteiger partial charge in [-0.05, 0) is 73.2 Å². The van der Waals surface area contributed by atoms with Gasteiger partial charge in [0.05, 0.1) is 15.9 Å². The lowest BCUT2D eigenvalue weighted by Crippen LogP contribution is -2.13. The normalized spacial score (nSPS) is 11.3. The quantitative estimate of drug-likeness (QED) is 0.244. The van der Waals surface area contributed by atoms with Gasteiger partial charge in [0.1, 0.15) is 5.69 Å². The van der Waals surface area contributed by atoms with Crippen LogP contribution in [0.3, 0.4) is 0 Å². The Balaban J connectivity index is 1.37. The summed E-state index contributed by atoms with van der Waals surface area (Å²) in [5.41, 5.74) is 5.59. The van der Waals surface area contributed by atoms with Crippen LogP contribution in [0, 0.1) is 6.92 Å². The average molecular weight is 514 g/mol. The van der Waals surface area contributed by atoms with Crippen molar-refractivity contribution in [2.24, 2.45) is 0 Å². The van der Waals surface area contributed by atoms with Crippen molar-refractivity contribution >= 4 is 50.0 Å². The molecule has 0 radical (unpaired) electrons. The number of aromatic nitrogens is 4. The molecule has 0 aliphatic carbocycles. The van der Waals surface area contributed by atoms with E-state index < -0.39 is 10.0 Å². The number of carbonyl (C=O) groups is 1. The monoisotopic (exact) mass is 513 g/mol. The Hall–Kier alpha value is -4.77. The van der Waals surface area contributed by atoms with Gasteiger partial charge in [0.15, 0.2) is 0 Å². The Morgan fingerprint density at radius 1 is 0.973 bits per heavy atom. The van der Waals surface area contributed by atoms with Gasteiger partial charge < -0.3 is 15.6 Å². The summed E-state index contributed by atoms with van der Waals surface area (Å²) in [6.45, 7) is 3.25. The van der Waals surface area contributed by atoms with E-state index in [0.717, 1.165) is 33.5 Å². The minimum atomic E-state index is -3.82.